The minimum atomic E-state index is 0. The van der Waals surface area contributed by atoms with Gasteiger partial charge in [-0.15, -0.1) is 24.0 Å². The maximum absolute atomic E-state index is 5.59. The molecule has 1 saturated heterocycles. The summed E-state index contributed by atoms with van der Waals surface area (Å²) in [5.74, 6) is 1.68. The molecule has 0 spiro atoms. The Balaban J connectivity index is 0.00000242. The molecule has 1 aliphatic heterocycles. The van der Waals surface area contributed by atoms with Crippen LogP contribution in [0.15, 0.2) is 23.2 Å². The Morgan fingerprint density at radius 3 is 2.82 bits per heavy atom. The first-order chi connectivity index (χ1) is 10.2. The highest BCUT2D eigenvalue weighted by Gasteiger charge is 2.15. The molecule has 6 heteroatoms. The first-order valence-electron chi connectivity index (χ1n) is 7.42. The van der Waals surface area contributed by atoms with Gasteiger partial charge in [-0.1, -0.05) is 6.07 Å². The molecule has 1 aromatic rings. The zero-order valence-corrected chi connectivity index (χ0v) is 15.8. The number of aliphatic imine (C=N–C) groups is 1. The number of halogens is 1. The monoisotopic (exact) mass is 419 g/mol. The van der Waals surface area contributed by atoms with Crippen molar-refractivity contribution >= 4 is 29.9 Å². The van der Waals surface area contributed by atoms with Crippen LogP contribution in [0.2, 0.25) is 0 Å². The second-order valence-corrected chi connectivity index (χ2v) is 5.30. The number of aryl methyl sites for hydroxylation is 1. The van der Waals surface area contributed by atoms with Gasteiger partial charge in [-0.2, -0.15) is 0 Å². The number of ether oxygens (including phenoxy) is 2. The molecular formula is C16H26IN3O2. The summed E-state index contributed by atoms with van der Waals surface area (Å²) in [6.07, 6.45) is 2.59. The van der Waals surface area contributed by atoms with E-state index in [9.17, 15) is 0 Å². The highest BCUT2D eigenvalue weighted by atomic mass is 127. The van der Waals surface area contributed by atoms with Crippen molar-refractivity contribution in [3.63, 3.8) is 0 Å². The smallest absolute Gasteiger partial charge is 0.191 e. The van der Waals surface area contributed by atoms with Gasteiger partial charge in [-0.25, -0.2) is 0 Å². The Morgan fingerprint density at radius 2 is 2.18 bits per heavy atom. The van der Waals surface area contributed by atoms with E-state index in [0.717, 1.165) is 37.7 Å². The van der Waals surface area contributed by atoms with E-state index in [1.165, 1.54) is 11.1 Å². The molecule has 1 unspecified atom stereocenters. The van der Waals surface area contributed by atoms with E-state index < -0.39 is 0 Å². The SMILES string of the molecule is CN=C(NCc1cc(C)cc(OC)c1)NCC1CCCO1.I. The fraction of sp³-hybridized carbons (Fsp3) is 0.562. The van der Waals surface area contributed by atoms with Crippen LogP contribution in [0.25, 0.3) is 0 Å². The van der Waals surface area contributed by atoms with Crippen molar-refractivity contribution in [1.29, 1.82) is 0 Å². The molecule has 0 bridgehead atoms. The van der Waals surface area contributed by atoms with Crippen LogP contribution in [-0.4, -0.2) is 39.4 Å². The van der Waals surface area contributed by atoms with Crippen LogP contribution in [0.4, 0.5) is 0 Å². The Bertz CT molecular complexity index is 488. The Hall–Kier alpha value is -1.02. The average molecular weight is 419 g/mol. The third-order valence-corrected chi connectivity index (χ3v) is 3.55. The largest absolute Gasteiger partial charge is 0.497 e. The second-order valence-electron chi connectivity index (χ2n) is 5.30. The van der Waals surface area contributed by atoms with Crippen molar-refractivity contribution in [3.05, 3.63) is 29.3 Å². The van der Waals surface area contributed by atoms with Gasteiger partial charge in [-0.05, 0) is 43.0 Å². The normalized spacial score (nSPS) is 17.8. The number of nitrogens with one attached hydrogen (secondary N) is 2. The number of nitrogens with zero attached hydrogens (tertiary/aromatic N) is 1. The van der Waals surface area contributed by atoms with Crippen LogP contribution in [0, 0.1) is 6.92 Å². The highest BCUT2D eigenvalue weighted by Crippen LogP contribution is 2.16. The number of rotatable bonds is 5. The number of benzene rings is 1. The maximum Gasteiger partial charge on any atom is 0.191 e. The van der Waals surface area contributed by atoms with Crippen LogP contribution < -0.4 is 15.4 Å². The van der Waals surface area contributed by atoms with Crippen molar-refractivity contribution in [2.75, 3.05) is 27.3 Å². The van der Waals surface area contributed by atoms with Gasteiger partial charge in [-0.3, -0.25) is 4.99 Å². The summed E-state index contributed by atoms with van der Waals surface area (Å²) < 4.78 is 10.9. The van der Waals surface area contributed by atoms with Crippen LogP contribution in [0.3, 0.4) is 0 Å². The fourth-order valence-electron chi connectivity index (χ4n) is 2.47. The molecule has 0 saturated carbocycles. The maximum atomic E-state index is 5.59. The molecular weight excluding hydrogens is 393 g/mol. The van der Waals surface area contributed by atoms with E-state index >= 15 is 0 Å². The van der Waals surface area contributed by atoms with Gasteiger partial charge in [0, 0.05) is 26.7 Å². The number of methoxy groups -OCH3 is 1. The lowest BCUT2D eigenvalue weighted by atomic mass is 10.1. The van der Waals surface area contributed by atoms with Gasteiger partial charge in [0.2, 0.25) is 0 Å². The highest BCUT2D eigenvalue weighted by molar-refractivity contribution is 14.0. The average Bonchev–Trinajstić information content (AvgIpc) is 3.00. The van der Waals surface area contributed by atoms with Crippen LogP contribution in [0.5, 0.6) is 5.75 Å². The molecule has 5 nitrogen and oxygen atoms in total. The standard InChI is InChI=1S/C16H25N3O2.HI/c1-12-7-13(9-15(8-12)20-3)10-18-16(17-2)19-11-14-5-4-6-21-14;/h7-9,14H,4-6,10-11H2,1-3H3,(H2,17,18,19);1H. The lowest BCUT2D eigenvalue weighted by Gasteiger charge is -2.15. The van der Waals surface area contributed by atoms with Crippen molar-refractivity contribution < 1.29 is 9.47 Å². The van der Waals surface area contributed by atoms with E-state index in [1.54, 1.807) is 14.2 Å². The van der Waals surface area contributed by atoms with Crippen molar-refractivity contribution in [1.82, 2.24) is 10.6 Å². The first-order valence-corrected chi connectivity index (χ1v) is 7.42. The molecule has 124 valence electrons. The van der Waals surface area contributed by atoms with E-state index in [0.29, 0.717) is 12.6 Å². The lowest BCUT2D eigenvalue weighted by Crippen LogP contribution is -2.40. The summed E-state index contributed by atoms with van der Waals surface area (Å²) in [6, 6.07) is 6.20. The van der Waals surface area contributed by atoms with E-state index in [2.05, 4.69) is 28.6 Å². The van der Waals surface area contributed by atoms with Gasteiger partial charge in [0.05, 0.1) is 13.2 Å². The van der Waals surface area contributed by atoms with Crippen LogP contribution in [-0.2, 0) is 11.3 Å². The summed E-state index contributed by atoms with van der Waals surface area (Å²) in [7, 11) is 3.47. The number of hydrogen-bond donors (Lipinski definition) is 2. The van der Waals surface area contributed by atoms with Crippen LogP contribution >= 0.6 is 24.0 Å². The molecule has 2 rings (SSSR count). The van der Waals surface area contributed by atoms with E-state index in [4.69, 9.17) is 9.47 Å². The van der Waals surface area contributed by atoms with Gasteiger partial charge < -0.3 is 20.1 Å². The summed E-state index contributed by atoms with van der Waals surface area (Å²) >= 11 is 0. The van der Waals surface area contributed by atoms with Crippen molar-refractivity contribution in [2.45, 2.75) is 32.4 Å². The van der Waals surface area contributed by atoms with Gasteiger partial charge in [0.25, 0.3) is 0 Å². The predicted octanol–water partition coefficient (Wildman–Crippen LogP) is 2.47. The topological polar surface area (TPSA) is 54.9 Å². The fourth-order valence-corrected chi connectivity index (χ4v) is 2.47. The quantitative estimate of drug-likeness (QED) is 0.438. The molecule has 22 heavy (non-hydrogen) atoms. The summed E-state index contributed by atoms with van der Waals surface area (Å²) in [4.78, 5) is 4.24. The lowest BCUT2D eigenvalue weighted by molar-refractivity contribution is 0.114. The Morgan fingerprint density at radius 1 is 1.36 bits per heavy atom. The summed E-state index contributed by atoms with van der Waals surface area (Å²) in [6.45, 7) is 4.46. The number of hydrogen-bond acceptors (Lipinski definition) is 3. The van der Waals surface area contributed by atoms with Gasteiger partial charge >= 0.3 is 0 Å². The summed E-state index contributed by atoms with van der Waals surface area (Å²) in [5, 5.41) is 6.62. The van der Waals surface area contributed by atoms with E-state index in [-0.39, 0.29) is 24.0 Å². The van der Waals surface area contributed by atoms with Crippen LogP contribution in [0.1, 0.15) is 24.0 Å². The molecule has 0 amide bonds. The van der Waals surface area contributed by atoms with Gasteiger partial charge in [0.15, 0.2) is 5.96 Å². The molecule has 1 aliphatic rings. The molecule has 0 aromatic heterocycles. The minimum Gasteiger partial charge on any atom is -0.497 e. The Labute approximate surface area is 149 Å². The zero-order chi connectivity index (χ0) is 15.1. The zero-order valence-electron chi connectivity index (χ0n) is 13.5. The van der Waals surface area contributed by atoms with Gasteiger partial charge in [0.1, 0.15) is 5.75 Å². The molecule has 0 radical (unpaired) electrons. The molecule has 2 N–H and O–H groups in total. The van der Waals surface area contributed by atoms with E-state index in [1.807, 2.05) is 12.1 Å². The summed E-state index contributed by atoms with van der Waals surface area (Å²) in [5.41, 5.74) is 2.36. The molecule has 1 atom stereocenters. The molecule has 1 heterocycles. The Kier molecular flexibility index (Phi) is 8.55. The third-order valence-electron chi connectivity index (χ3n) is 3.55. The predicted molar refractivity (Wildman–Crippen MR) is 100 cm³/mol. The molecule has 1 aromatic carbocycles. The third kappa shape index (κ3) is 6.00. The van der Waals surface area contributed by atoms with Crippen molar-refractivity contribution in [2.24, 2.45) is 4.99 Å². The second kappa shape index (κ2) is 9.89. The molecule has 1 fully saturated rings. The van der Waals surface area contributed by atoms with Crippen molar-refractivity contribution in [3.8, 4) is 5.75 Å². The number of guanidine groups is 1. The first kappa shape index (κ1) is 19.0. The molecule has 0 aliphatic carbocycles. The minimum absolute atomic E-state index is 0.